The molecule has 0 saturated carbocycles. The number of aliphatic hydroxyl groups is 1. The molecule has 0 aliphatic rings. The van der Waals surface area contributed by atoms with Crippen molar-refractivity contribution in [2.75, 3.05) is 20.3 Å². The molecule has 2 rings (SSSR count). The Bertz CT molecular complexity index is 1050. The lowest BCUT2D eigenvalue weighted by Gasteiger charge is -2.40. The van der Waals surface area contributed by atoms with Crippen LogP contribution in [0.1, 0.15) is 59.7 Å². The third kappa shape index (κ3) is 4.74. The second-order valence-corrected chi connectivity index (χ2v) is 11.0. The van der Waals surface area contributed by atoms with Gasteiger partial charge in [-0.25, -0.2) is 0 Å². The molecule has 0 radical (unpaired) electrons. The average molecular weight is 437 g/mol. The number of hydrogen-bond donors (Lipinski definition) is 1. The number of hydrogen-bond acceptors (Lipinski definition) is 2. The van der Waals surface area contributed by atoms with Gasteiger partial charge in [0.2, 0.25) is 11.2 Å². The molecule has 3 nitrogen and oxygen atoms in total. The standard InChI is InChI=1S/C29H42NO2/c1-20-12-14-26-23(18-20)13-15-25(21(2)22(3)27(4,5)6)30(26)29(10,28(7,8)9)24(16-17-31)19-32-11/h12-16,18,31H,2-3,17,19H2,1,4-11H3/q+1/b24-16+. The third-order valence-corrected chi connectivity index (χ3v) is 6.83. The molecule has 0 aliphatic carbocycles. The van der Waals surface area contributed by atoms with Gasteiger partial charge in [0.1, 0.15) is 0 Å². The Morgan fingerprint density at radius 2 is 1.66 bits per heavy atom. The smallest absolute Gasteiger partial charge is 0.213 e. The summed E-state index contributed by atoms with van der Waals surface area (Å²) in [7, 11) is 1.70. The maximum absolute atomic E-state index is 9.89. The topological polar surface area (TPSA) is 33.3 Å². The molecule has 3 heteroatoms. The van der Waals surface area contributed by atoms with Gasteiger partial charge in [0.15, 0.2) is 5.54 Å². The van der Waals surface area contributed by atoms with E-state index in [2.05, 4.69) is 103 Å². The van der Waals surface area contributed by atoms with Gasteiger partial charge in [-0.15, -0.1) is 0 Å². The molecule has 0 bridgehead atoms. The second-order valence-electron chi connectivity index (χ2n) is 11.0. The molecule has 0 spiro atoms. The average Bonchev–Trinajstić information content (AvgIpc) is 2.69. The van der Waals surface area contributed by atoms with Crippen LogP contribution < -0.4 is 4.57 Å². The molecule has 1 atom stereocenters. The number of aryl methyl sites for hydroxylation is 1. The van der Waals surface area contributed by atoms with Gasteiger partial charge in [0, 0.05) is 48.1 Å². The lowest BCUT2D eigenvalue weighted by molar-refractivity contribution is -0.745. The summed E-state index contributed by atoms with van der Waals surface area (Å²) in [4.78, 5) is 0. The molecule has 2 aromatic rings. The van der Waals surface area contributed by atoms with Crippen molar-refractivity contribution in [1.29, 1.82) is 0 Å². The summed E-state index contributed by atoms with van der Waals surface area (Å²) >= 11 is 0. The van der Waals surface area contributed by atoms with Crippen molar-refractivity contribution in [2.24, 2.45) is 10.8 Å². The van der Waals surface area contributed by atoms with Crippen molar-refractivity contribution in [3.05, 3.63) is 72.0 Å². The van der Waals surface area contributed by atoms with Crippen LogP contribution in [0.2, 0.25) is 0 Å². The van der Waals surface area contributed by atoms with E-state index in [9.17, 15) is 5.11 Å². The van der Waals surface area contributed by atoms with Crippen LogP contribution in [0.15, 0.2) is 60.7 Å². The zero-order valence-electron chi connectivity index (χ0n) is 21.6. The normalized spacial score (nSPS) is 15.0. The van der Waals surface area contributed by atoms with Crippen molar-refractivity contribution in [3.63, 3.8) is 0 Å². The molecule has 1 heterocycles. The molecule has 0 amide bonds. The lowest BCUT2D eigenvalue weighted by atomic mass is 9.69. The van der Waals surface area contributed by atoms with Crippen LogP contribution in [0, 0.1) is 17.8 Å². The van der Waals surface area contributed by atoms with E-state index in [1.54, 1.807) is 7.11 Å². The third-order valence-electron chi connectivity index (χ3n) is 6.83. The zero-order valence-corrected chi connectivity index (χ0v) is 21.6. The summed E-state index contributed by atoms with van der Waals surface area (Å²) in [6.45, 7) is 26.9. The van der Waals surface area contributed by atoms with E-state index in [1.165, 1.54) is 10.9 Å². The molecule has 174 valence electrons. The van der Waals surface area contributed by atoms with Crippen LogP contribution in [0.5, 0.6) is 0 Å². The summed E-state index contributed by atoms with van der Waals surface area (Å²) < 4.78 is 8.01. The maximum Gasteiger partial charge on any atom is 0.213 e. The molecule has 0 fully saturated rings. The molecular formula is C29H42NO2+. The first-order chi connectivity index (χ1) is 14.7. The fraction of sp³-hybridized carbons (Fsp3) is 0.483. The highest BCUT2D eigenvalue weighted by molar-refractivity contribution is 5.81. The summed E-state index contributed by atoms with van der Waals surface area (Å²) in [6.07, 6.45) is 1.89. The summed E-state index contributed by atoms with van der Waals surface area (Å²) in [5, 5.41) is 11.1. The molecule has 1 N–H and O–H groups in total. The Morgan fingerprint density at radius 3 is 2.16 bits per heavy atom. The fourth-order valence-electron chi connectivity index (χ4n) is 4.33. The molecule has 1 aromatic carbocycles. The summed E-state index contributed by atoms with van der Waals surface area (Å²) in [5.74, 6) is 0. The Kier molecular flexibility index (Phi) is 7.59. The van der Waals surface area contributed by atoms with Crippen LogP contribution in [0.4, 0.5) is 0 Å². The van der Waals surface area contributed by atoms with E-state index in [1.807, 2.05) is 6.08 Å². The number of ether oxygens (including phenoxy) is 1. The Hall–Kier alpha value is -2.23. The first-order valence-electron chi connectivity index (χ1n) is 11.3. The van der Waals surface area contributed by atoms with E-state index >= 15 is 0 Å². The van der Waals surface area contributed by atoms with Crippen LogP contribution in [-0.4, -0.2) is 25.4 Å². The maximum atomic E-state index is 9.89. The number of aliphatic hydroxyl groups excluding tert-OH is 1. The Morgan fingerprint density at radius 1 is 1.03 bits per heavy atom. The lowest BCUT2D eigenvalue weighted by Crippen LogP contribution is -2.65. The predicted octanol–water partition coefficient (Wildman–Crippen LogP) is 6.38. The minimum atomic E-state index is -0.503. The first kappa shape index (κ1) is 26.0. The summed E-state index contributed by atoms with van der Waals surface area (Å²) in [6, 6.07) is 10.9. The number of benzene rings is 1. The van der Waals surface area contributed by atoms with E-state index in [0.29, 0.717) is 6.61 Å². The predicted molar refractivity (Wildman–Crippen MR) is 137 cm³/mol. The van der Waals surface area contributed by atoms with Crippen LogP contribution in [0.3, 0.4) is 0 Å². The van der Waals surface area contributed by atoms with Crippen LogP contribution >= 0.6 is 0 Å². The number of nitrogens with zero attached hydrogens (tertiary/aromatic N) is 1. The SMILES string of the molecule is C=C(C(=C)C(C)(C)C)c1ccc2cc(C)ccc2[n+]1C(C)(/C(=C/CO)COC)C(C)(C)C. The molecule has 32 heavy (non-hydrogen) atoms. The van der Waals surface area contributed by atoms with Gasteiger partial charge in [-0.05, 0) is 30.0 Å². The second kappa shape index (κ2) is 9.33. The number of pyridine rings is 1. The van der Waals surface area contributed by atoms with Crippen LogP contribution in [0.25, 0.3) is 16.5 Å². The zero-order chi connectivity index (χ0) is 24.5. The number of methoxy groups -OCH3 is 1. The highest BCUT2D eigenvalue weighted by Crippen LogP contribution is 2.42. The van der Waals surface area contributed by atoms with Crippen LogP contribution in [-0.2, 0) is 10.3 Å². The fourth-order valence-corrected chi connectivity index (χ4v) is 4.33. The number of allylic oxidation sites excluding steroid dienone is 2. The van der Waals surface area contributed by atoms with Gasteiger partial charge < -0.3 is 9.84 Å². The van der Waals surface area contributed by atoms with Gasteiger partial charge in [0.25, 0.3) is 0 Å². The monoisotopic (exact) mass is 436 g/mol. The van der Waals surface area contributed by atoms with Crippen molar-refractivity contribution >= 4 is 16.5 Å². The Labute approximate surface area is 195 Å². The largest absolute Gasteiger partial charge is 0.392 e. The van der Waals surface area contributed by atoms with E-state index in [-0.39, 0.29) is 17.4 Å². The minimum Gasteiger partial charge on any atom is -0.392 e. The van der Waals surface area contributed by atoms with Gasteiger partial charge >= 0.3 is 0 Å². The quantitative estimate of drug-likeness (QED) is 0.310. The molecular weight excluding hydrogens is 394 g/mol. The van der Waals surface area contributed by atoms with E-state index in [0.717, 1.165) is 27.9 Å². The Balaban J connectivity index is 3.07. The van der Waals surface area contributed by atoms with Crippen molar-refractivity contribution < 1.29 is 14.4 Å². The van der Waals surface area contributed by atoms with Crippen molar-refractivity contribution in [3.8, 4) is 0 Å². The highest BCUT2D eigenvalue weighted by Gasteiger charge is 2.52. The van der Waals surface area contributed by atoms with Crippen molar-refractivity contribution in [1.82, 2.24) is 0 Å². The molecule has 1 aromatic heterocycles. The number of aromatic nitrogens is 1. The summed E-state index contributed by atoms with van der Waals surface area (Å²) in [5.41, 5.74) is 5.52. The number of rotatable bonds is 7. The minimum absolute atomic E-state index is 0.0419. The van der Waals surface area contributed by atoms with Gasteiger partial charge in [-0.2, -0.15) is 4.57 Å². The molecule has 0 saturated heterocycles. The molecule has 0 aliphatic heterocycles. The molecule has 1 unspecified atom stereocenters. The van der Waals surface area contributed by atoms with E-state index in [4.69, 9.17) is 4.74 Å². The van der Waals surface area contributed by atoms with E-state index < -0.39 is 5.54 Å². The highest BCUT2D eigenvalue weighted by atomic mass is 16.5. The first-order valence-corrected chi connectivity index (χ1v) is 11.3. The number of fused-ring (bicyclic) bond motifs is 1. The van der Waals surface area contributed by atoms with Crippen molar-refractivity contribution in [2.45, 2.75) is 60.9 Å². The van der Waals surface area contributed by atoms with Gasteiger partial charge in [-0.1, -0.05) is 72.4 Å². The van der Waals surface area contributed by atoms with Gasteiger partial charge in [-0.3, -0.25) is 0 Å². The van der Waals surface area contributed by atoms with Gasteiger partial charge in [0.05, 0.1) is 13.2 Å².